The zero-order chi connectivity index (χ0) is 13.1. The fourth-order valence-corrected chi connectivity index (χ4v) is 1.81. The van der Waals surface area contributed by atoms with Gasteiger partial charge >= 0.3 is 5.97 Å². The van der Waals surface area contributed by atoms with Crippen LogP contribution in [0.2, 0.25) is 0 Å². The molecule has 0 fully saturated rings. The molecule has 0 saturated carbocycles. The van der Waals surface area contributed by atoms with Crippen LogP contribution in [0.25, 0.3) is 0 Å². The summed E-state index contributed by atoms with van der Waals surface area (Å²) >= 11 is 0. The highest BCUT2D eigenvalue weighted by Gasteiger charge is 2.13. The van der Waals surface area contributed by atoms with Crippen molar-refractivity contribution < 1.29 is 17.9 Å². The Morgan fingerprint density at radius 3 is 2.65 bits per heavy atom. The van der Waals surface area contributed by atoms with E-state index >= 15 is 0 Å². The summed E-state index contributed by atoms with van der Waals surface area (Å²) in [6.45, 7) is 5.16. The van der Waals surface area contributed by atoms with Crippen LogP contribution < -0.4 is 0 Å². The zero-order valence-electron chi connectivity index (χ0n) is 9.71. The van der Waals surface area contributed by atoms with E-state index in [0.29, 0.717) is 0 Å². The summed E-state index contributed by atoms with van der Waals surface area (Å²) in [4.78, 5) is 11.7. The minimum Gasteiger partial charge on any atom is -0.455 e. The lowest BCUT2D eigenvalue weighted by Crippen LogP contribution is -2.13. The molecule has 17 heavy (non-hydrogen) atoms. The Bertz CT molecular complexity index is 531. The number of carbonyl (C=O) groups excluding carboxylic acids is 1. The van der Waals surface area contributed by atoms with Gasteiger partial charge in [0, 0.05) is 6.26 Å². The van der Waals surface area contributed by atoms with Crippen LogP contribution in [-0.4, -0.2) is 26.7 Å². The number of hydrogen-bond donors (Lipinski definition) is 0. The van der Waals surface area contributed by atoms with Crippen LogP contribution in [0.4, 0.5) is 0 Å². The van der Waals surface area contributed by atoms with Gasteiger partial charge in [0.15, 0.2) is 9.84 Å². The maximum absolute atomic E-state index is 11.6. The van der Waals surface area contributed by atoms with Crippen molar-refractivity contribution in [2.24, 2.45) is 0 Å². The molecule has 0 aliphatic heterocycles. The molecule has 0 spiro atoms. The number of esters is 1. The number of ether oxygens (including phenoxy) is 1. The summed E-state index contributed by atoms with van der Waals surface area (Å²) in [6, 6.07) is 5.74. The quantitative estimate of drug-likeness (QED) is 0.607. The first-order chi connectivity index (χ1) is 7.84. The van der Waals surface area contributed by atoms with Gasteiger partial charge in [-0.1, -0.05) is 18.7 Å². The van der Waals surface area contributed by atoms with Gasteiger partial charge in [0.25, 0.3) is 0 Å². The van der Waals surface area contributed by atoms with Crippen molar-refractivity contribution in [3.63, 3.8) is 0 Å². The molecule has 0 aliphatic rings. The molecule has 1 rings (SSSR count). The van der Waals surface area contributed by atoms with E-state index in [1.165, 1.54) is 30.3 Å². The molecule has 0 amide bonds. The molecule has 4 nitrogen and oxygen atoms in total. The molecule has 1 atom stereocenters. The average molecular weight is 254 g/mol. The van der Waals surface area contributed by atoms with Crippen molar-refractivity contribution in [3.8, 4) is 0 Å². The van der Waals surface area contributed by atoms with E-state index in [2.05, 4.69) is 6.58 Å². The third-order valence-electron chi connectivity index (χ3n) is 2.12. The van der Waals surface area contributed by atoms with Gasteiger partial charge in [0.2, 0.25) is 0 Å². The number of carbonyl (C=O) groups is 1. The fourth-order valence-electron chi connectivity index (χ4n) is 1.14. The minimum absolute atomic E-state index is 0.0956. The Kier molecular flexibility index (Phi) is 4.07. The van der Waals surface area contributed by atoms with Gasteiger partial charge in [-0.15, -0.1) is 0 Å². The van der Waals surface area contributed by atoms with Crippen molar-refractivity contribution >= 4 is 15.8 Å². The lowest BCUT2D eigenvalue weighted by Gasteiger charge is -2.09. The van der Waals surface area contributed by atoms with Gasteiger partial charge in [0.05, 0.1) is 10.5 Å². The highest BCUT2D eigenvalue weighted by Crippen LogP contribution is 2.13. The van der Waals surface area contributed by atoms with Gasteiger partial charge in [-0.3, -0.25) is 0 Å². The molecule has 1 aromatic rings. The molecule has 0 saturated heterocycles. The maximum atomic E-state index is 11.6. The number of hydrogen-bond acceptors (Lipinski definition) is 4. The largest absolute Gasteiger partial charge is 0.455 e. The lowest BCUT2D eigenvalue weighted by molar-refractivity contribution is 0.0425. The smallest absolute Gasteiger partial charge is 0.338 e. The molecule has 0 N–H and O–H groups in total. The van der Waals surface area contributed by atoms with E-state index in [1.807, 2.05) is 0 Å². The third-order valence-corrected chi connectivity index (χ3v) is 3.23. The van der Waals surface area contributed by atoms with E-state index in [4.69, 9.17) is 4.74 Å². The maximum Gasteiger partial charge on any atom is 0.338 e. The van der Waals surface area contributed by atoms with Gasteiger partial charge in [-0.05, 0) is 25.1 Å². The van der Waals surface area contributed by atoms with Gasteiger partial charge < -0.3 is 4.74 Å². The van der Waals surface area contributed by atoms with E-state index in [0.717, 1.165) is 6.26 Å². The summed E-state index contributed by atoms with van der Waals surface area (Å²) in [7, 11) is -3.32. The first-order valence-corrected chi connectivity index (χ1v) is 6.87. The van der Waals surface area contributed by atoms with Crippen molar-refractivity contribution in [3.05, 3.63) is 42.5 Å². The molecular weight excluding hydrogens is 240 g/mol. The summed E-state index contributed by atoms with van der Waals surface area (Å²) in [5, 5.41) is 0. The molecule has 0 radical (unpaired) electrons. The second-order valence-electron chi connectivity index (χ2n) is 3.65. The molecule has 5 heteroatoms. The zero-order valence-corrected chi connectivity index (χ0v) is 10.5. The van der Waals surface area contributed by atoms with Crippen molar-refractivity contribution in [1.29, 1.82) is 0 Å². The van der Waals surface area contributed by atoms with Gasteiger partial charge in [-0.25, -0.2) is 13.2 Å². The van der Waals surface area contributed by atoms with Crippen LogP contribution in [0.3, 0.4) is 0 Å². The summed E-state index contributed by atoms with van der Waals surface area (Å²) in [6.07, 6.45) is 2.16. The molecule has 0 aliphatic carbocycles. The van der Waals surface area contributed by atoms with E-state index in [9.17, 15) is 13.2 Å². The van der Waals surface area contributed by atoms with E-state index in [1.54, 1.807) is 6.92 Å². The van der Waals surface area contributed by atoms with Crippen LogP contribution in [0, 0.1) is 0 Å². The standard InChI is InChI=1S/C12H14O4S/c1-4-9(2)16-12(13)10-6-5-7-11(8-10)17(3,14)15/h4-9H,1H2,2-3H3/t9-/m0/s1. The predicted octanol–water partition coefficient (Wildman–Crippen LogP) is 1.82. The summed E-state index contributed by atoms with van der Waals surface area (Å²) in [5.74, 6) is -0.567. The highest BCUT2D eigenvalue weighted by atomic mass is 32.2. The Morgan fingerprint density at radius 2 is 2.12 bits per heavy atom. The highest BCUT2D eigenvalue weighted by molar-refractivity contribution is 7.90. The van der Waals surface area contributed by atoms with Crippen molar-refractivity contribution in [1.82, 2.24) is 0 Å². The second kappa shape index (κ2) is 5.14. The Morgan fingerprint density at radius 1 is 1.47 bits per heavy atom. The normalized spacial score (nSPS) is 12.8. The fraction of sp³-hybridized carbons (Fsp3) is 0.250. The summed E-state index contributed by atoms with van der Waals surface area (Å²) in [5.41, 5.74) is 0.210. The topological polar surface area (TPSA) is 60.4 Å². The number of sulfone groups is 1. The average Bonchev–Trinajstić information content (AvgIpc) is 2.28. The molecular formula is C12H14O4S. The van der Waals surface area contributed by atoms with Crippen molar-refractivity contribution in [2.45, 2.75) is 17.9 Å². The lowest BCUT2D eigenvalue weighted by atomic mass is 10.2. The minimum atomic E-state index is -3.32. The Labute approximate surface area is 101 Å². The summed E-state index contributed by atoms with van der Waals surface area (Å²) < 4.78 is 27.6. The van der Waals surface area contributed by atoms with Crippen LogP contribution >= 0.6 is 0 Å². The monoisotopic (exact) mass is 254 g/mol. The first-order valence-electron chi connectivity index (χ1n) is 4.98. The van der Waals surface area contributed by atoms with Crippen LogP contribution in [-0.2, 0) is 14.6 Å². The van der Waals surface area contributed by atoms with E-state index < -0.39 is 21.9 Å². The molecule has 92 valence electrons. The second-order valence-corrected chi connectivity index (χ2v) is 5.66. The van der Waals surface area contributed by atoms with Crippen molar-refractivity contribution in [2.75, 3.05) is 6.26 Å². The first kappa shape index (κ1) is 13.4. The van der Waals surface area contributed by atoms with Crippen LogP contribution in [0.5, 0.6) is 0 Å². The van der Waals surface area contributed by atoms with E-state index in [-0.39, 0.29) is 10.5 Å². The SMILES string of the molecule is C=C[C@H](C)OC(=O)c1cccc(S(C)(=O)=O)c1. The van der Waals surface area contributed by atoms with Gasteiger partial charge in [-0.2, -0.15) is 0 Å². The Balaban J connectivity index is 3.00. The predicted molar refractivity (Wildman–Crippen MR) is 64.6 cm³/mol. The number of rotatable bonds is 4. The molecule has 0 unspecified atom stereocenters. The van der Waals surface area contributed by atoms with Gasteiger partial charge in [0.1, 0.15) is 6.10 Å². The molecule has 0 bridgehead atoms. The third kappa shape index (κ3) is 3.71. The molecule has 0 heterocycles. The Hall–Kier alpha value is -1.62. The number of benzene rings is 1. The van der Waals surface area contributed by atoms with Crippen LogP contribution in [0.15, 0.2) is 41.8 Å². The molecule has 0 aromatic heterocycles. The molecule has 1 aromatic carbocycles. The van der Waals surface area contributed by atoms with Crippen LogP contribution in [0.1, 0.15) is 17.3 Å².